The van der Waals surface area contributed by atoms with Gasteiger partial charge in [-0.2, -0.15) is 0 Å². The van der Waals surface area contributed by atoms with Gasteiger partial charge in [0.15, 0.2) is 11.4 Å². The summed E-state index contributed by atoms with van der Waals surface area (Å²) in [5.74, 6) is -0.944. The number of fused-ring (bicyclic) bond motifs is 1. The molecular formula is C25H21F2N3O2. The smallest absolute Gasteiger partial charge is 0.251 e. The van der Waals surface area contributed by atoms with Crippen LogP contribution in [0.25, 0.3) is 16.9 Å². The summed E-state index contributed by atoms with van der Waals surface area (Å²) in [4.78, 5) is 16.9. The van der Waals surface area contributed by atoms with Crippen molar-refractivity contribution in [2.24, 2.45) is 0 Å². The Balaban J connectivity index is 1.44. The van der Waals surface area contributed by atoms with E-state index in [2.05, 4.69) is 10.3 Å². The molecule has 0 radical (unpaired) electrons. The topological polar surface area (TPSA) is 55.6 Å². The van der Waals surface area contributed by atoms with E-state index in [-0.39, 0.29) is 18.1 Å². The normalized spacial score (nSPS) is 13.3. The van der Waals surface area contributed by atoms with Crippen LogP contribution in [0.4, 0.5) is 8.78 Å². The van der Waals surface area contributed by atoms with Crippen LogP contribution < -0.4 is 10.1 Å². The summed E-state index contributed by atoms with van der Waals surface area (Å²) < 4.78 is 35.5. The lowest BCUT2D eigenvalue weighted by molar-refractivity contribution is 0.0951. The molecule has 2 heterocycles. The molecule has 2 aromatic heterocycles. The van der Waals surface area contributed by atoms with Crippen molar-refractivity contribution in [1.82, 2.24) is 14.7 Å². The highest BCUT2D eigenvalue weighted by Gasteiger charge is 2.24. The molecule has 1 aliphatic rings. The molecule has 2 aromatic carbocycles. The van der Waals surface area contributed by atoms with Crippen molar-refractivity contribution >= 4 is 11.6 Å². The van der Waals surface area contributed by atoms with Crippen molar-refractivity contribution in [2.45, 2.75) is 32.4 Å². The number of benzene rings is 2. The number of halogens is 2. The number of carbonyl (C=O) groups excluding carboxylic acids is 1. The van der Waals surface area contributed by atoms with E-state index < -0.39 is 11.6 Å². The number of rotatable bonds is 6. The van der Waals surface area contributed by atoms with Gasteiger partial charge in [0.2, 0.25) is 0 Å². The summed E-state index contributed by atoms with van der Waals surface area (Å²) in [5, 5.41) is 2.98. The van der Waals surface area contributed by atoms with Crippen molar-refractivity contribution < 1.29 is 18.3 Å². The molecule has 0 bridgehead atoms. The number of aryl methyl sites for hydroxylation is 1. The lowest BCUT2D eigenvalue weighted by atomic mass is 10.1. The summed E-state index contributed by atoms with van der Waals surface area (Å²) >= 11 is 0. The maximum absolute atomic E-state index is 14.0. The number of carbonyl (C=O) groups is 1. The highest BCUT2D eigenvalue weighted by Crippen LogP contribution is 2.30. The molecule has 7 heteroatoms. The van der Waals surface area contributed by atoms with Crippen LogP contribution in [0, 0.1) is 18.6 Å². The maximum Gasteiger partial charge on any atom is 0.251 e. The van der Waals surface area contributed by atoms with Gasteiger partial charge >= 0.3 is 0 Å². The van der Waals surface area contributed by atoms with Crippen LogP contribution in [0.5, 0.6) is 5.75 Å². The van der Waals surface area contributed by atoms with Gasteiger partial charge < -0.3 is 10.1 Å². The van der Waals surface area contributed by atoms with E-state index in [0.717, 1.165) is 29.8 Å². The van der Waals surface area contributed by atoms with Gasteiger partial charge in [0, 0.05) is 23.4 Å². The predicted octanol–water partition coefficient (Wildman–Crippen LogP) is 5.06. The van der Waals surface area contributed by atoms with Crippen LogP contribution >= 0.6 is 0 Å². The molecule has 0 saturated heterocycles. The van der Waals surface area contributed by atoms with E-state index in [4.69, 9.17) is 4.74 Å². The van der Waals surface area contributed by atoms with E-state index in [1.807, 2.05) is 29.7 Å². The zero-order chi connectivity index (χ0) is 22.2. The Kier molecular flexibility index (Phi) is 5.09. The number of hydrogen-bond donors (Lipinski definition) is 1. The van der Waals surface area contributed by atoms with Crippen LogP contribution in [0.1, 0.15) is 34.5 Å². The number of imidazole rings is 1. The standard InChI is InChI=1S/C25H21F2N3O2/c1-15-23(16-7-9-17(10-8-16)25(31)29-18-11-12-18)30-13-3-6-22(24(30)28-15)32-14-19-20(26)4-2-5-21(19)27/h2-10,13,18H,11-12,14H2,1H3,(H,29,31). The summed E-state index contributed by atoms with van der Waals surface area (Å²) in [7, 11) is 0. The number of nitrogens with one attached hydrogen (secondary N) is 1. The number of hydrogen-bond acceptors (Lipinski definition) is 3. The van der Waals surface area contributed by atoms with E-state index >= 15 is 0 Å². The van der Waals surface area contributed by atoms with Gasteiger partial charge in [-0.05, 0) is 56.2 Å². The van der Waals surface area contributed by atoms with Crippen molar-refractivity contribution in [2.75, 3.05) is 0 Å². The predicted molar refractivity (Wildman–Crippen MR) is 117 cm³/mol. The van der Waals surface area contributed by atoms with E-state index in [0.29, 0.717) is 23.0 Å². The fourth-order valence-corrected chi connectivity index (χ4v) is 3.71. The molecule has 1 aliphatic carbocycles. The van der Waals surface area contributed by atoms with Crippen LogP contribution in [-0.4, -0.2) is 21.3 Å². The Hall–Kier alpha value is -3.74. The maximum atomic E-state index is 14.0. The zero-order valence-corrected chi connectivity index (χ0v) is 17.4. The Morgan fingerprint density at radius 2 is 1.81 bits per heavy atom. The minimum atomic E-state index is -0.650. The second-order valence-corrected chi connectivity index (χ2v) is 7.93. The van der Waals surface area contributed by atoms with Crippen LogP contribution in [0.2, 0.25) is 0 Å². The number of amides is 1. The quantitative estimate of drug-likeness (QED) is 0.463. The number of nitrogens with zero attached hydrogens (tertiary/aromatic N) is 2. The van der Waals surface area contributed by atoms with E-state index in [1.54, 1.807) is 24.3 Å². The largest absolute Gasteiger partial charge is 0.485 e. The van der Waals surface area contributed by atoms with Gasteiger partial charge in [0.05, 0.1) is 17.0 Å². The Labute approximate surface area is 183 Å². The highest BCUT2D eigenvalue weighted by atomic mass is 19.1. The minimum Gasteiger partial charge on any atom is -0.485 e. The molecular weight excluding hydrogens is 412 g/mol. The van der Waals surface area contributed by atoms with E-state index in [1.165, 1.54) is 18.2 Å². The summed E-state index contributed by atoms with van der Waals surface area (Å²) in [5.41, 5.74) is 3.56. The third-order valence-electron chi connectivity index (χ3n) is 5.56. The number of pyridine rings is 1. The molecule has 0 unspecified atom stereocenters. The fourth-order valence-electron chi connectivity index (χ4n) is 3.71. The van der Waals surface area contributed by atoms with Crippen molar-refractivity contribution in [3.63, 3.8) is 0 Å². The third kappa shape index (κ3) is 3.82. The van der Waals surface area contributed by atoms with Gasteiger partial charge in [0.25, 0.3) is 5.91 Å². The lowest BCUT2D eigenvalue weighted by Gasteiger charge is -2.10. The molecule has 162 valence electrons. The van der Waals surface area contributed by atoms with Gasteiger partial charge in [-0.3, -0.25) is 9.20 Å². The first-order chi connectivity index (χ1) is 15.5. The van der Waals surface area contributed by atoms with Gasteiger partial charge in [0.1, 0.15) is 18.2 Å². The molecule has 1 N–H and O–H groups in total. The van der Waals surface area contributed by atoms with Crippen molar-refractivity contribution in [1.29, 1.82) is 0 Å². The van der Waals surface area contributed by atoms with Gasteiger partial charge in [-0.1, -0.05) is 18.2 Å². The number of aromatic nitrogens is 2. The summed E-state index contributed by atoms with van der Waals surface area (Å²) in [6.45, 7) is 1.64. The second kappa shape index (κ2) is 8.07. The number of ether oxygens (including phenoxy) is 1. The van der Waals surface area contributed by atoms with E-state index in [9.17, 15) is 13.6 Å². The highest BCUT2D eigenvalue weighted by molar-refractivity contribution is 5.95. The molecule has 5 nitrogen and oxygen atoms in total. The van der Waals surface area contributed by atoms with Crippen molar-refractivity contribution in [3.05, 3.63) is 89.2 Å². The van der Waals surface area contributed by atoms with Crippen molar-refractivity contribution in [3.8, 4) is 17.0 Å². The molecule has 4 aromatic rings. The molecule has 0 aliphatic heterocycles. The van der Waals surface area contributed by atoms with Crippen LogP contribution in [0.15, 0.2) is 60.8 Å². The Bertz CT molecular complexity index is 1290. The van der Waals surface area contributed by atoms with Crippen LogP contribution in [0.3, 0.4) is 0 Å². The van der Waals surface area contributed by atoms with Gasteiger partial charge in [-0.25, -0.2) is 13.8 Å². The minimum absolute atomic E-state index is 0.0648. The van der Waals surface area contributed by atoms with Gasteiger partial charge in [-0.15, -0.1) is 0 Å². The first-order valence-electron chi connectivity index (χ1n) is 10.5. The second-order valence-electron chi connectivity index (χ2n) is 7.93. The molecule has 1 fully saturated rings. The molecule has 0 atom stereocenters. The molecule has 0 spiro atoms. The Morgan fingerprint density at radius 1 is 1.09 bits per heavy atom. The third-order valence-corrected chi connectivity index (χ3v) is 5.56. The van der Waals surface area contributed by atoms with Crippen LogP contribution in [-0.2, 0) is 6.61 Å². The SMILES string of the molecule is Cc1nc2c(OCc3c(F)cccc3F)cccn2c1-c1ccc(C(=O)NC2CC2)cc1. The summed E-state index contributed by atoms with van der Waals surface area (Å²) in [6.07, 6.45) is 3.94. The average Bonchev–Trinajstić information content (AvgIpc) is 3.53. The first kappa shape index (κ1) is 20.2. The summed E-state index contributed by atoms with van der Waals surface area (Å²) in [6, 6.07) is 14.9. The zero-order valence-electron chi connectivity index (χ0n) is 17.4. The monoisotopic (exact) mass is 433 g/mol. The fraction of sp³-hybridized carbons (Fsp3) is 0.200. The average molecular weight is 433 g/mol. The molecule has 32 heavy (non-hydrogen) atoms. The Morgan fingerprint density at radius 3 is 2.50 bits per heavy atom. The lowest BCUT2D eigenvalue weighted by Crippen LogP contribution is -2.25. The molecule has 5 rings (SSSR count). The first-order valence-corrected chi connectivity index (χ1v) is 10.5. The molecule has 1 amide bonds. The molecule has 1 saturated carbocycles.